The van der Waals surface area contributed by atoms with Crippen molar-refractivity contribution in [2.45, 2.75) is 11.8 Å². The van der Waals surface area contributed by atoms with E-state index in [0.29, 0.717) is 24.5 Å². The first-order chi connectivity index (χ1) is 11.4. The molecule has 0 N–H and O–H groups in total. The molecule has 0 aliphatic carbocycles. The van der Waals surface area contributed by atoms with Crippen LogP contribution in [0.25, 0.3) is 0 Å². The molecule has 2 aromatic carbocycles. The minimum absolute atomic E-state index is 0.179. The number of fused-ring (bicyclic) bond motifs is 1. The van der Waals surface area contributed by atoms with Crippen LogP contribution < -0.4 is 13.7 Å². The van der Waals surface area contributed by atoms with E-state index in [1.54, 1.807) is 6.92 Å². The highest BCUT2D eigenvalue weighted by Gasteiger charge is 2.25. The van der Waals surface area contributed by atoms with Crippen LogP contribution >= 0.6 is 0 Å². The predicted molar refractivity (Wildman–Crippen MR) is 83.1 cm³/mol. The third kappa shape index (κ3) is 3.11. The third-order valence-corrected chi connectivity index (χ3v) is 4.54. The average Bonchev–Trinajstić information content (AvgIpc) is 2.55. The molecule has 0 bridgehead atoms. The first-order valence-electron chi connectivity index (χ1n) is 6.96. The van der Waals surface area contributed by atoms with Crippen LogP contribution in [-0.2, 0) is 10.1 Å². The highest BCUT2D eigenvalue weighted by molar-refractivity contribution is 7.87. The van der Waals surface area contributed by atoms with Crippen molar-refractivity contribution in [2.24, 2.45) is 0 Å². The van der Waals surface area contributed by atoms with Gasteiger partial charge < -0.3 is 13.7 Å². The van der Waals surface area contributed by atoms with Crippen molar-refractivity contribution in [3.63, 3.8) is 0 Å². The number of hydrogen-bond donors (Lipinski definition) is 0. The van der Waals surface area contributed by atoms with E-state index in [1.807, 2.05) is 0 Å². The lowest BCUT2D eigenvalue weighted by Gasteiger charge is -2.18. The van der Waals surface area contributed by atoms with Gasteiger partial charge in [-0.05, 0) is 30.7 Å². The normalized spacial score (nSPS) is 13.4. The maximum atomic E-state index is 12.4. The van der Waals surface area contributed by atoms with Gasteiger partial charge in [-0.3, -0.25) is 10.1 Å². The van der Waals surface area contributed by atoms with Crippen molar-refractivity contribution in [2.75, 3.05) is 13.2 Å². The summed E-state index contributed by atoms with van der Waals surface area (Å²) in [7, 11) is -4.26. The highest BCUT2D eigenvalue weighted by atomic mass is 32.2. The first-order valence-corrected chi connectivity index (χ1v) is 8.37. The molecular weight excluding hydrogens is 338 g/mol. The minimum Gasteiger partial charge on any atom is -0.486 e. The second kappa shape index (κ2) is 6.00. The Labute approximate surface area is 137 Å². The van der Waals surface area contributed by atoms with Gasteiger partial charge in [-0.1, -0.05) is 6.07 Å². The quantitative estimate of drug-likeness (QED) is 0.473. The van der Waals surface area contributed by atoms with Gasteiger partial charge in [-0.2, -0.15) is 8.42 Å². The van der Waals surface area contributed by atoms with Crippen LogP contribution in [0.3, 0.4) is 0 Å². The number of aryl methyl sites for hydroxylation is 1. The molecule has 1 heterocycles. The lowest BCUT2D eigenvalue weighted by Crippen LogP contribution is -2.16. The summed E-state index contributed by atoms with van der Waals surface area (Å²) in [6.45, 7) is 2.35. The predicted octanol–water partition coefficient (Wildman–Crippen LogP) is 2.44. The summed E-state index contributed by atoms with van der Waals surface area (Å²) in [6, 6.07) is 8.04. The van der Waals surface area contributed by atoms with E-state index in [1.165, 1.54) is 36.4 Å². The Morgan fingerprint density at radius 1 is 1.08 bits per heavy atom. The molecule has 0 saturated carbocycles. The molecule has 0 aromatic heterocycles. The van der Waals surface area contributed by atoms with E-state index in [2.05, 4.69) is 0 Å². The lowest BCUT2D eigenvalue weighted by atomic mass is 10.2. The Morgan fingerprint density at radius 2 is 1.79 bits per heavy atom. The average molecular weight is 351 g/mol. The molecule has 9 heteroatoms. The fraction of sp³-hybridized carbons (Fsp3) is 0.200. The van der Waals surface area contributed by atoms with Crippen molar-refractivity contribution in [3.05, 3.63) is 52.1 Å². The number of hydrogen-bond acceptors (Lipinski definition) is 7. The van der Waals surface area contributed by atoms with E-state index in [0.717, 1.165) is 0 Å². The molecule has 0 amide bonds. The molecule has 1 aliphatic rings. The molecule has 3 rings (SSSR count). The van der Waals surface area contributed by atoms with Gasteiger partial charge in [0.05, 0.1) is 4.92 Å². The fourth-order valence-corrected chi connectivity index (χ4v) is 3.15. The van der Waals surface area contributed by atoms with Gasteiger partial charge in [0.25, 0.3) is 0 Å². The van der Waals surface area contributed by atoms with E-state index >= 15 is 0 Å². The summed E-state index contributed by atoms with van der Waals surface area (Å²) >= 11 is 0. The summed E-state index contributed by atoms with van der Waals surface area (Å²) in [6.07, 6.45) is 0. The molecule has 0 unspecified atom stereocenters. The van der Waals surface area contributed by atoms with Crippen molar-refractivity contribution in [1.82, 2.24) is 0 Å². The van der Waals surface area contributed by atoms with E-state index in [9.17, 15) is 18.5 Å². The zero-order chi connectivity index (χ0) is 17.3. The number of nitro groups is 1. The Morgan fingerprint density at radius 3 is 2.50 bits per heavy atom. The van der Waals surface area contributed by atoms with Crippen molar-refractivity contribution >= 4 is 15.8 Å². The highest BCUT2D eigenvalue weighted by Crippen LogP contribution is 2.34. The molecule has 1 aliphatic heterocycles. The van der Waals surface area contributed by atoms with E-state index in [4.69, 9.17) is 13.7 Å². The van der Waals surface area contributed by atoms with Crippen molar-refractivity contribution in [3.8, 4) is 17.2 Å². The molecule has 0 atom stereocenters. The SMILES string of the molecule is Cc1ccc(OS(=O)(=O)c2ccc3c(c2)OCCO3)c([N+](=O)[O-])c1. The standard InChI is InChI=1S/C15H13NO7S/c1-10-2-4-13(12(8-10)16(17)18)23-24(19,20)11-3-5-14-15(9-11)22-7-6-21-14/h2-5,8-9H,6-7H2,1H3. The van der Waals surface area contributed by atoms with Crippen LogP contribution in [0.1, 0.15) is 5.56 Å². The number of ether oxygens (including phenoxy) is 2. The van der Waals surface area contributed by atoms with Crippen LogP contribution in [0.15, 0.2) is 41.3 Å². The molecule has 0 radical (unpaired) electrons. The maximum absolute atomic E-state index is 12.4. The summed E-state index contributed by atoms with van der Waals surface area (Å²) in [5, 5.41) is 11.1. The number of rotatable bonds is 4. The monoisotopic (exact) mass is 351 g/mol. The number of nitrogens with zero attached hydrogens (tertiary/aromatic N) is 1. The molecule has 0 saturated heterocycles. The van der Waals surface area contributed by atoms with Crippen LogP contribution in [0.5, 0.6) is 17.2 Å². The zero-order valence-electron chi connectivity index (χ0n) is 12.6. The number of benzene rings is 2. The summed E-state index contributed by atoms with van der Waals surface area (Å²) in [5.74, 6) is 0.367. The Balaban J connectivity index is 1.96. The molecule has 0 fully saturated rings. The summed E-state index contributed by atoms with van der Waals surface area (Å²) in [5.41, 5.74) is 0.196. The van der Waals surface area contributed by atoms with Gasteiger partial charge in [0.1, 0.15) is 18.1 Å². The van der Waals surface area contributed by atoms with Gasteiger partial charge in [0, 0.05) is 12.1 Å². The lowest BCUT2D eigenvalue weighted by molar-refractivity contribution is -0.385. The topological polar surface area (TPSA) is 105 Å². The Kier molecular flexibility index (Phi) is 4.02. The minimum atomic E-state index is -4.26. The molecule has 8 nitrogen and oxygen atoms in total. The second-order valence-corrected chi connectivity index (χ2v) is 6.62. The third-order valence-electron chi connectivity index (χ3n) is 3.31. The molecule has 126 valence electrons. The van der Waals surface area contributed by atoms with Gasteiger partial charge in [0.2, 0.25) is 5.75 Å². The molecule has 24 heavy (non-hydrogen) atoms. The Hall–Kier alpha value is -2.81. The molecular formula is C15H13NO7S. The van der Waals surface area contributed by atoms with Crippen LogP contribution in [0.4, 0.5) is 5.69 Å². The van der Waals surface area contributed by atoms with Gasteiger partial charge in [-0.25, -0.2) is 0 Å². The largest absolute Gasteiger partial charge is 0.486 e. The smallest absolute Gasteiger partial charge is 0.339 e. The summed E-state index contributed by atoms with van der Waals surface area (Å²) in [4.78, 5) is 10.2. The second-order valence-electron chi connectivity index (χ2n) is 5.07. The maximum Gasteiger partial charge on any atom is 0.339 e. The van der Waals surface area contributed by atoms with Crippen molar-refractivity contribution < 1.29 is 27.0 Å². The van der Waals surface area contributed by atoms with Gasteiger partial charge in [0.15, 0.2) is 11.5 Å². The van der Waals surface area contributed by atoms with Crippen LogP contribution in [-0.4, -0.2) is 26.6 Å². The first kappa shape index (κ1) is 16.1. The zero-order valence-corrected chi connectivity index (χ0v) is 13.4. The van der Waals surface area contributed by atoms with Gasteiger partial charge >= 0.3 is 15.8 Å². The van der Waals surface area contributed by atoms with Crippen LogP contribution in [0.2, 0.25) is 0 Å². The van der Waals surface area contributed by atoms with Gasteiger partial charge in [-0.15, -0.1) is 0 Å². The summed E-state index contributed by atoms with van der Waals surface area (Å²) < 4.78 is 40.4. The van der Waals surface area contributed by atoms with E-state index < -0.39 is 20.7 Å². The van der Waals surface area contributed by atoms with Crippen LogP contribution in [0, 0.1) is 17.0 Å². The fourth-order valence-electron chi connectivity index (χ4n) is 2.19. The van der Waals surface area contributed by atoms with E-state index in [-0.39, 0.29) is 16.4 Å². The molecule has 0 spiro atoms. The Bertz CT molecular complexity index is 908. The van der Waals surface area contributed by atoms with Crippen molar-refractivity contribution in [1.29, 1.82) is 0 Å². The molecule has 2 aromatic rings. The number of nitro benzene ring substituents is 1.